The van der Waals surface area contributed by atoms with Crippen molar-refractivity contribution in [2.75, 3.05) is 31.1 Å². The molecule has 6 rings (SSSR count). The molecule has 12 heteroatoms. The molecule has 0 bridgehead atoms. The molecule has 1 aliphatic heterocycles. The minimum absolute atomic E-state index is 0.0848. The van der Waals surface area contributed by atoms with Gasteiger partial charge in [-0.1, -0.05) is 111 Å². The Labute approximate surface area is 312 Å². The van der Waals surface area contributed by atoms with Crippen molar-refractivity contribution in [2.45, 2.75) is 51.5 Å². The first-order valence-electron chi connectivity index (χ1n) is 17.5. The van der Waals surface area contributed by atoms with Crippen molar-refractivity contribution < 1.29 is 17.6 Å². The molecule has 0 N–H and O–H groups in total. The zero-order chi connectivity index (χ0) is 37.1. The number of rotatable bonds is 11. The summed E-state index contributed by atoms with van der Waals surface area (Å²) in [6.45, 7) is 11.5. The van der Waals surface area contributed by atoms with Crippen molar-refractivity contribution in [2.24, 2.45) is 0 Å². The van der Waals surface area contributed by atoms with Gasteiger partial charge < -0.3 is 14.1 Å². The topological polar surface area (TPSA) is 94.0 Å². The monoisotopic (exact) mass is 756 g/mol. The Bertz CT molecular complexity index is 2130. The lowest BCUT2D eigenvalue weighted by molar-refractivity contribution is 0.297. The van der Waals surface area contributed by atoms with Crippen LogP contribution < -0.4 is 30.0 Å². The van der Waals surface area contributed by atoms with Crippen molar-refractivity contribution in [3.63, 3.8) is 0 Å². The summed E-state index contributed by atoms with van der Waals surface area (Å²) in [6.07, 6.45) is 1.60. The first kappa shape index (κ1) is 37.3. The Morgan fingerprint density at radius 2 is 1.44 bits per heavy atom. The van der Waals surface area contributed by atoms with Gasteiger partial charge in [0, 0.05) is 31.2 Å². The van der Waals surface area contributed by atoms with E-state index in [1.807, 2.05) is 41.3 Å². The van der Waals surface area contributed by atoms with Gasteiger partial charge in [-0.25, -0.2) is 8.42 Å². The van der Waals surface area contributed by atoms with Gasteiger partial charge in [0.05, 0.1) is 17.1 Å². The van der Waals surface area contributed by atoms with Crippen LogP contribution in [0.15, 0.2) is 120 Å². The van der Waals surface area contributed by atoms with Gasteiger partial charge in [0.2, 0.25) is 15.8 Å². The number of anilines is 1. The predicted octanol–water partition coefficient (Wildman–Crippen LogP) is 6.26. The summed E-state index contributed by atoms with van der Waals surface area (Å²) in [7, 11) is -6.29. The van der Waals surface area contributed by atoms with Crippen molar-refractivity contribution in [1.82, 2.24) is 14.1 Å². The van der Waals surface area contributed by atoms with Gasteiger partial charge in [-0.3, -0.25) is 4.79 Å². The largest absolute Gasteiger partial charge is 0.534 e. The third-order valence-corrected chi connectivity index (χ3v) is 16.9. The molecule has 0 unspecified atom stereocenters. The molecule has 5 aromatic rings. The molecular formula is C40H45ClN4O5SSi. The van der Waals surface area contributed by atoms with E-state index in [1.54, 1.807) is 44.3 Å². The summed E-state index contributed by atoms with van der Waals surface area (Å²) in [5.41, 5.74) is 1.38. The van der Waals surface area contributed by atoms with Crippen LogP contribution in [-0.2, 0) is 16.6 Å². The normalized spacial score (nSPS) is 14.4. The summed E-state index contributed by atoms with van der Waals surface area (Å²) in [5, 5.41) is 6.55. The third kappa shape index (κ3) is 7.54. The number of ether oxygens (including phenoxy) is 1. The van der Waals surface area contributed by atoms with E-state index in [4.69, 9.17) is 20.8 Å². The van der Waals surface area contributed by atoms with Crippen LogP contribution in [0, 0.1) is 0 Å². The molecule has 272 valence electrons. The Morgan fingerprint density at radius 1 is 0.827 bits per heavy atom. The van der Waals surface area contributed by atoms with E-state index >= 15 is 0 Å². The van der Waals surface area contributed by atoms with Crippen LogP contribution in [0.1, 0.15) is 40.2 Å². The molecule has 0 spiro atoms. The highest BCUT2D eigenvalue weighted by Gasteiger charge is 2.52. The van der Waals surface area contributed by atoms with Crippen molar-refractivity contribution in [1.29, 1.82) is 0 Å². The van der Waals surface area contributed by atoms with Crippen LogP contribution in [0.25, 0.3) is 5.69 Å². The lowest BCUT2D eigenvalue weighted by Crippen LogP contribution is -2.68. The molecule has 0 amide bonds. The molecular weight excluding hydrogens is 712 g/mol. The molecule has 4 aromatic carbocycles. The van der Waals surface area contributed by atoms with E-state index < -0.39 is 29.1 Å². The van der Waals surface area contributed by atoms with Gasteiger partial charge >= 0.3 is 13.9 Å². The Balaban J connectivity index is 1.34. The maximum Gasteiger partial charge on any atom is 0.319 e. The number of nitrogens with zero attached hydrogens (tertiary/aromatic N) is 4. The van der Waals surface area contributed by atoms with Crippen molar-refractivity contribution >= 4 is 46.0 Å². The molecule has 0 saturated carbocycles. The van der Waals surface area contributed by atoms with E-state index in [2.05, 4.69) is 74.4 Å². The molecule has 1 saturated heterocycles. The van der Waals surface area contributed by atoms with Gasteiger partial charge in [0.15, 0.2) is 0 Å². The standard InChI is InChI=1S/C40H45ClN4O5SSi/c1-30(2)51(47,48)44-24-22-43(23-25-44)37-28-42-45(33-16-13-15-32(41)27-33)39(46)38(37)49-29-31-14-12-17-34(26-31)50-52(40(3,4)5,35-18-8-6-9-19-35)36-20-10-7-11-21-36/h6-21,26-28,30H,22-25,29H2,1-5H3. The van der Waals surface area contributed by atoms with E-state index in [1.165, 1.54) is 19.4 Å². The second kappa shape index (κ2) is 15.3. The number of halogens is 1. The van der Waals surface area contributed by atoms with Crippen LogP contribution in [-0.4, -0.2) is 62.2 Å². The Morgan fingerprint density at radius 3 is 2.02 bits per heavy atom. The molecule has 0 atom stereocenters. The highest BCUT2D eigenvalue weighted by atomic mass is 35.5. The second-order valence-electron chi connectivity index (χ2n) is 14.2. The number of aromatic nitrogens is 2. The molecule has 52 heavy (non-hydrogen) atoms. The fraction of sp³-hybridized carbons (Fsp3) is 0.300. The number of piperazine rings is 1. The SMILES string of the molecule is CC(C)S(=O)(=O)N1CCN(c2cnn(-c3cccc(Cl)c3)c(=O)c2OCc2cccc(O[Si](c3ccccc3)(c3ccccc3)C(C)(C)C)c2)CC1. The maximum absolute atomic E-state index is 14.1. The highest BCUT2D eigenvalue weighted by molar-refractivity contribution is 7.89. The fourth-order valence-corrected chi connectivity index (χ4v) is 12.6. The zero-order valence-corrected chi connectivity index (χ0v) is 32.8. The lowest BCUT2D eigenvalue weighted by atomic mass is 10.2. The summed E-state index contributed by atoms with van der Waals surface area (Å²) in [5.74, 6) is 0.831. The van der Waals surface area contributed by atoms with Crippen molar-refractivity contribution in [3.8, 4) is 17.2 Å². The molecule has 0 aliphatic carbocycles. The second-order valence-corrected chi connectivity index (χ2v) is 21.4. The lowest BCUT2D eigenvalue weighted by Gasteiger charge is -2.43. The Kier molecular flexibility index (Phi) is 11.0. The van der Waals surface area contributed by atoms with E-state index in [0.717, 1.165) is 5.56 Å². The minimum Gasteiger partial charge on any atom is -0.534 e. The van der Waals surface area contributed by atoms with Gasteiger partial charge in [-0.2, -0.15) is 14.1 Å². The number of hydrogen-bond donors (Lipinski definition) is 0. The average Bonchev–Trinajstić information content (AvgIpc) is 3.13. The van der Waals surface area contributed by atoms with Crippen LogP contribution in [0.5, 0.6) is 11.5 Å². The van der Waals surface area contributed by atoms with E-state index in [9.17, 15) is 13.2 Å². The van der Waals surface area contributed by atoms with E-state index in [-0.39, 0.29) is 17.4 Å². The van der Waals surface area contributed by atoms with Gasteiger partial charge in [-0.05, 0) is 65.2 Å². The van der Waals surface area contributed by atoms with Crippen LogP contribution >= 0.6 is 11.6 Å². The minimum atomic E-state index is -3.41. The highest BCUT2D eigenvalue weighted by Crippen LogP contribution is 2.38. The predicted molar refractivity (Wildman–Crippen MR) is 212 cm³/mol. The van der Waals surface area contributed by atoms with Crippen LogP contribution in [0.2, 0.25) is 10.1 Å². The van der Waals surface area contributed by atoms with Gasteiger partial charge in [0.25, 0.3) is 0 Å². The first-order chi connectivity index (χ1) is 24.8. The molecule has 9 nitrogen and oxygen atoms in total. The van der Waals surface area contributed by atoms with Crippen LogP contribution in [0.3, 0.4) is 0 Å². The smallest absolute Gasteiger partial charge is 0.319 e. The van der Waals surface area contributed by atoms with E-state index in [0.29, 0.717) is 48.3 Å². The van der Waals surface area contributed by atoms with Gasteiger partial charge in [0.1, 0.15) is 18.0 Å². The summed E-state index contributed by atoms with van der Waals surface area (Å²) < 4.78 is 42.2. The number of hydrogen-bond acceptors (Lipinski definition) is 7. The quantitative estimate of drug-likeness (QED) is 0.147. The molecule has 1 fully saturated rings. The molecule has 1 aromatic heterocycles. The fourth-order valence-electron chi connectivity index (χ4n) is 6.74. The molecule has 2 heterocycles. The molecule has 1 aliphatic rings. The summed E-state index contributed by atoms with van der Waals surface area (Å²) in [6, 6.07) is 35.7. The van der Waals surface area contributed by atoms with Crippen LogP contribution in [0.4, 0.5) is 5.69 Å². The van der Waals surface area contributed by atoms with Crippen molar-refractivity contribution in [3.05, 3.63) is 136 Å². The van der Waals surface area contributed by atoms with Gasteiger partial charge in [-0.15, -0.1) is 0 Å². The third-order valence-electron chi connectivity index (χ3n) is 9.47. The number of benzene rings is 4. The number of sulfonamides is 1. The zero-order valence-electron chi connectivity index (χ0n) is 30.2. The summed E-state index contributed by atoms with van der Waals surface area (Å²) in [4.78, 5) is 16.1. The maximum atomic E-state index is 14.1. The average molecular weight is 757 g/mol. The first-order valence-corrected chi connectivity index (χ1v) is 21.2. The molecule has 0 radical (unpaired) electrons. The Hall–Kier alpha value is -4.42. The summed E-state index contributed by atoms with van der Waals surface area (Å²) >= 11 is 6.28.